The van der Waals surface area contributed by atoms with Gasteiger partial charge in [-0.25, -0.2) is 4.79 Å². The maximum Gasteiger partial charge on any atom is 0.337 e. The predicted molar refractivity (Wildman–Crippen MR) is 96.7 cm³/mol. The lowest BCUT2D eigenvalue weighted by Gasteiger charge is -2.19. The van der Waals surface area contributed by atoms with Crippen LogP contribution in [-0.2, 0) is 11.0 Å². The molecule has 0 unspecified atom stereocenters. The first kappa shape index (κ1) is 17.0. The first-order valence-electron chi connectivity index (χ1n) is 8.34. The standard InChI is InChI=1S/C19H18ClN3O3/c1-18(2,26)13-4-3-9-23-15(13)21-22-17(23)19(7-8-19)11-5-6-14(20)12(10-11)16(24)25/h3-6,9-10,26H,7-8H2,1-2H3,(H,24,25). The van der Waals surface area contributed by atoms with Crippen molar-refractivity contribution >= 4 is 23.2 Å². The van der Waals surface area contributed by atoms with E-state index in [1.165, 1.54) is 0 Å². The molecule has 0 aliphatic heterocycles. The van der Waals surface area contributed by atoms with E-state index in [4.69, 9.17) is 11.6 Å². The average molecular weight is 372 g/mol. The number of hydrogen-bond acceptors (Lipinski definition) is 4. The lowest BCUT2D eigenvalue weighted by atomic mass is 9.93. The Balaban J connectivity index is 1.89. The number of pyridine rings is 1. The van der Waals surface area contributed by atoms with Gasteiger partial charge in [-0.1, -0.05) is 23.7 Å². The molecule has 2 heterocycles. The van der Waals surface area contributed by atoms with Gasteiger partial charge in [0.1, 0.15) is 5.82 Å². The van der Waals surface area contributed by atoms with Crippen LogP contribution in [0.2, 0.25) is 5.02 Å². The number of halogens is 1. The van der Waals surface area contributed by atoms with Crippen LogP contribution in [0.25, 0.3) is 5.65 Å². The van der Waals surface area contributed by atoms with E-state index in [1.54, 1.807) is 26.0 Å². The summed E-state index contributed by atoms with van der Waals surface area (Å²) in [5.41, 5.74) is 0.821. The molecule has 26 heavy (non-hydrogen) atoms. The van der Waals surface area contributed by atoms with Crippen molar-refractivity contribution in [1.29, 1.82) is 0 Å². The van der Waals surface area contributed by atoms with Gasteiger partial charge in [0.05, 0.1) is 21.6 Å². The molecule has 2 aromatic heterocycles. The topological polar surface area (TPSA) is 87.7 Å². The normalized spacial score (nSPS) is 16.0. The zero-order valence-corrected chi connectivity index (χ0v) is 15.2. The van der Waals surface area contributed by atoms with E-state index >= 15 is 0 Å². The number of carboxylic acid groups (broad SMARTS) is 1. The number of aromatic nitrogens is 3. The number of nitrogens with zero attached hydrogens (tertiary/aromatic N) is 3. The zero-order chi connectivity index (χ0) is 18.7. The van der Waals surface area contributed by atoms with Crippen LogP contribution in [0.5, 0.6) is 0 Å². The molecule has 4 rings (SSSR count). The SMILES string of the molecule is CC(C)(O)c1cccn2c(C3(c4ccc(Cl)c(C(=O)O)c4)CC3)nnc12. The predicted octanol–water partition coefficient (Wildman–Crippen LogP) is 3.39. The van der Waals surface area contributed by atoms with Crippen molar-refractivity contribution in [2.75, 3.05) is 0 Å². The number of aliphatic hydroxyl groups is 1. The van der Waals surface area contributed by atoms with Crippen LogP contribution in [0.15, 0.2) is 36.5 Å². The first-order chi connectivity index (χ1) is 12.2. The fraction of sp³-hybridized carbons (Fsp3) is 0.316. The second-order valence-electron chi connectivity index (χ2n) is 7.28. The number of carbonyl (C=O) groups is 1. The lowest BCUT2D eigenvalue weighted by Crippen LogP contribution is -2.18. The van der Waals surface area contributed by atoms with E-state index in [2.05, 4.69) is 10.2 Å². The third-order valence-electron chi connectivity index (χ3n) is 5.02. The highest BCUT2D eigenvalue weighted by molar-refractivity contribution is 6.33. The van der Waals surface area contributed by atoms with Gasteiger partial charge in [-0.15, -0.1) is 10.2 Å². The second-order valence-corrected chi connectivity index (χ2v) is 7.69. The monoisotopic (exact) mass is 371 g/mol. The fourth-order valence-electron chi connectivity index (χ4n) is 3.47. The molecule has 1 saturated carbocycles. The summed E-state index contributed by atoms with van der Waals surface area (Å²) in [6.07, 6.45) is 3.57. The smallest absolute Gasteiger partial charge is 0.337 e. The third kappa shape index (κ3) is 2.48. The van der Waals surface area contributed by atoms with Crippen LogP contribution < -0.4 is 0 Å². The van der Waals surface area contributed by atoms with Crippen molar-refractivity contribution in [1.82, 2.24) is 14.6 Å². The van der Waals surface area contributed by atoms with Crippen molar-refractivity contribution in [2.45, 2.75) is 37.7 Å². The van der Waals surface area contributed by atoms with Gasteiger partial charge < -0.3 is 10.2 Å². The van der Waals surface area contributed by atoms with Gasteiger partial charge >= 0.3 is 5.97 Å². The fourth-order valence-corrected chi connectivity index (χ4v) is 3.67. The molecule has 0 saturated heterocycles. The van der Waals surface area contributed by atoms with Gasteiger partial charge in [-0.05, 0) is 50.5 Å². The summed E-state index contributed by atoms with van der Waals surface area (Å²) in [4.78, 5) is 11.4. The van der Waals surface area contributed by atoms with Crippen LogP contribution in [0.4, 0.5) is 0 Å². The Labute approximate surface area is 155 Å². The molecular formula is C19H18ClN3O3. The molecule has 0 bridgehead atoms. The summed E-state index contributed by atoms with van der Waals surface area (Å²) in [7, 11) is 0. The van der Waals surface area contributed by atoms with Gasteiger partial charge in [0.2, 0.25) is 0 Å². The maximum atomic E-state index is 11.4. The molecule has 134 valence electrons. The van der Waals surface area contributed by atoms with E-state index in [9.17, 15) is 15.0 Å². The summed E-state index contributed by atoms with van der Waals surface area (Å²) in [5.74, 6) is -0.305. The summed E-state index contributed by atoms with van der Waals surface area (Å²) in [6.45, 7) is 3.42. The van der Waals surface area contributed by atoms with Crippen molar-refractivity contribution < 1.29 is 15.0 Å². The van der Waals surface area contributed by atoms with Crippen molar-refractivity contribution in [2.24, 2.45) is 0 Å². The molecule has 1 fully saturated rings. The Morgan fingerprint density at radius 1 is 1.27 bits per heavy atom. The molecule has 0 spiro atoms. The minimum Gasteiger partial charge on any atom is -0.478 e. The van der Waals surface area contributed by atoms with Crippen LogP contribution in [0, 0.1) is 0 Å². The van der Waals surface area contributed by atoms with Gasteiger partial charge in [-0.2, -0.15) is 0 Å². The molecule has 3 aromatic rings. The molecule has 1 aliphatic carbocycles. The Bertz CT molecular complexity index is 1030. The summed E-state index contributed by atoms with van der Waals surface area (Å²) < 4.78 is 1.88. The second kappa shape index (κ2) is 5.53. The minimum atomic E-state index is -1.05. The molecule has 0 atom stereocenters. The van der Waals surface area contributed by atoms with Crippen LogP contribution in [0.1, 0.15) is 54.0 Å². The van der Waals surface area contributed by atoms with Crippen LogP contribution in [0.3, 0.4) is 0 Å². The Kier molecular flexibility index (Phi) is 3.61. The quantitative estimate of drug-likeness (QED) is 0.734. The highest BCUT2D eigenvalue weighted by Crippen LogP contribution is 2.53. The largest absolute Gasteiger partial charge is 0.478 e. The van der Waals surface area contributed by atoms with Gasteiger partial charge in [0.25, 0.3) is 0 Å². The third-order valence-corrected chi connectivity index (χ3v) is 5.35. The lowest BCUT2D eigenvalue weighted by molar-refractivity contribution is 0.0696. The summed E-state index contributed by atoms with van der Waals surface area (Å²) in [5, 5.41) is 28.7. The number of fused-ring (bicyclic) bond motifs is 1. The minimum absolute atomic E-state index is 0.0847. The molecule has 2 N–H and O–H groups in total. The molecule has 1 aromatic carbocycles. The molecule has 6 nitrogen and oxygen atoms in total. The number of rotatable bonds is 4. The molecule has 0 radical (unpaired) electrons. The first-order valence-corrected chi connectivity index (χ1v) is 8.72. The van der Waals surface area contributed by atoms with Crippen molar-refractivity contribution in [3.8, 4) is 0 Å². The Hall–Kier alpha value is -2.44. The van der Waals surface area contributed by atoms with Gasteiger partial charge in [-0.3, -0.25) is 4.40 Å². The number of hydrogen-bond donors (Lipinski definition) is 2. The van der Waals surface area contributed by atoms with E-state index < -0.39 is 11.6 Å². The van der Waals surface area contributed by atoms with E-state index in [1.807, 2.05) is 28.8 Å². The van der Waals surface area contributed by atoms with E-state index in [0.717, 1.165) is 24.2 Å². The van der Waals surface area contributed by atoms with Gasteiger partial charge in [0.15, 0.2) is 5.65 Å². The maximum absolute atomic E-state index is 11.4. The molecule has 7 heteroatoms. The van der Waals surface area contributed by atoms with E-state index in [0.29, 0.717) is 11.2 Å². The van der Waals surface area contributed by atoms with Gasteiger partial charge in [0, 0.05) is 11.8 Å². The summed E-state index contributed by atoms with van der Waals surface area (Å²) in [6, 6.07) is 8.78. The van der Waals surface area contributed by atoms with E-state index in [-0.39, 0.29) is 16.0 Å². The highest BCUT2D eigenvalue weighted by atomic mass is 35.5. The number of benzene rings is 1. The Morgan fingerprint density at radius 2 is 2.00 bits per heavy atom. The highest BCUT2D eigenvalue weighted by Gasteiger charge is 2.50. The zero-order valence-electron chi connectivity index (χ0n) is 14.4. The molecule has 0 amide bonds. The molecule has 1 aliphatic rings. The van der Waals surface area contributed by atoms with Crippen molar-refractivity contribution in [3.05, 3.63) is 64.1 Å². The number of carboxylic acids is 1. The molecular weight excluding hydrogens is 354 g/mol. The van der Waals surface area contributed by atoms with Crippen LogP contribution in [-0.4, -0.2) is 30.8 Å². The van der Waals surface area contributed by atoms with Crippen LogP contribution >= 0.6 is 11.6 Å². The Morgan fingerprint density at radius 3 is 2.62 bits per heavy atom. The average Bonchev–Trinajstić information content (AvgIpc) is 3.26. The summed E-state index contributed by atoms with van der Waals surface area (Å²) >= 11 is 6.01. The number of aromatic carboxylic acids is 1. The van der Waals surface area contributed by atoms with Crippen molar-refractivity contribution in [3.63, 3.8) is 0 Å².